The van der Waals surface area contributed by atoms with Crippen molar-refractivity contribution in [3.63, 3.8) is 0 Å². The molecular formula is C17H29ClN4O. The van der Waals surface area contributed by atoms with E-state index >= 15 is 0 Å². The molecule has 1 aliphatic heterocycles. The van der Waals surface area contributed by atoms with Crippen molar-refractivity contribution in [2.24, 2.45) is 5.73 Å². The Balaban J connectivity index is 0.00000192. The number of piperidine rings is 1. The summed E-state index contributed by atoms with van der Waals surface area (Å²) in [4.78, 5) is 14.8. The minimum absolute atomic E-state index is 0. The Hall–Kier alpha value is -1.07. The van der Waals surface area contributed by atoms with Crippen molar-refractivity contribution in [2.45, 2.75) is 70.4 Å². The molecule has 0 aromatic carbocycles. The van der Waals surface area contributed by atoms with Crippen LogP contribution in [0.2, 0.25) is 0 Å². The van der Waals surface area contributed by atoms with Crippen molar-refractivity contribution in [3.8, 4) is 0 Å². The van der Waals surface area contributed by atoms with Crippen LogP contribution in [0.3, 0.4) is 0 Å². The molecule has 0 spiro atoms. The molecule has 1 aromatic rings. The molecule has 1 atom stereocenters. The van der Waals surface area contributed by atoms with Crippen LogP contribution in [-0.4, -0.2) is 39.7 Å². The van der Waals surface area contributed by atoms with E-state index in [2.05, 4.69) is 30.6 Å². The Kier molecular flexibility index (Phi) is 5.41. The number of carbonyl (C=O) groups is 1. The number of aromatic nitrogens is 2. The summed E-state index contributed by atoms with van der Waals surface area (Å²) in [6.07, 6.45) is 5.67. The Morgan fingerprint density at radius 2 is 2.00 bits per heavy atom. The second kappa shape index (κ2) is 6.81. The van der Waals surface area contributed by atoms with Crippen LogP contribution in [0, 0.1) is 0 Å². The Morgan fingerprint density at radius 1 is 1.30 bits per heavy atom. The number of amides is 1. The lowest BCUT2D eigenvalue weighted by molar-refractivity contribution is 0.0615. The summed E-state index contributed by atoms with van der Waals surface area (Å²) in [6, 6.07) is 2.19. The van der Waals surface area contributed by atoms with Gasteiger partial charge in [-0.1, -0.05) is 0 Å². The molecular weight excluding hydrogens is 312 g/mol. The highest BCUT2D eigenvalue weighted by Gasteiger charge is 2.34. The smallest absolute Gasteiger partial charge is 0.274 e. The minimum atomic E-state index is -0.0916. The first kappa shape index (κ1) is 18.3. The van der Waals surface area contributed by atoms with Crippen LogP contribution in [0.25, 0.3) is 0 Å². The SMILES string of the molecule is CC(C)(C)n1nc(C(=O)N2CCCCC2CN)cc1C1CC1.Cl. The Bertz CT molecular complexity index is 559. The standard InChI is InChI=1S/C17H28N4O.ClH/c1-17(2,3)21-15(12-7-8-12)10-14(19-21)16(22)20-9-5-4-6-13(20)11-18;/h10,12-13H,4-9,11,18H2,1-3H3;1H. The van der Waals surface area contributed by atoms with E-state index in [0.29, 0.717) is 18.2 Å². The largest absolute Gasteiger partial charge is 0.333 e. The zero-order valence-electron chi connectivity index (χ0n) is 14.4. The van der Waals surface area contributed by atoms with E-state index in [1.54, 1.807) is 0 Å². The average Bonchev–Trinajstić information content (AvgIpc) is 3.23. The Labute approximate surface area is 145 Å². The van der Waals surface area contributed by atoms with Crippen molar-refractivity contribution in [2.75, 3.05) is 13.1 Å². The summed E-state index contributed by atoms with van der Waals surface area (Å²) in [6.45, 7) is 7.78. The molecule has 0 radical (unpaired) electrons. The molecule has 130 valence electrons. The summed E-state index contributed by atoms with van der Waals surface area (Å²) in [5, 5.41) is 4.67. The molecule has 3 rings (SSSR count). The third-order valence-corrected chi connectivity index (χ3v) is 4.75. The van der Waals surface area contributed by atoms with Crippen LogP contribution in [0.15, 0.2) is 6.07 Å². The molecule has 6 heteroatoms. The van der Waals surface area contributed by atoms with Crippen LogP contribution < -0.4 is 5.73 Å². The summed E-state index contributed by atoms with van der Waals surface area (Å²) in [5.41, 5.74) is 7.58. The van der Waals surface area contributed by atoms with Crippen molar-refractivity contribution in [1.82, 2.24) is 14.7 Å². The van der Waals surface area contributed by atoms with Crippen LogP contribution in [0.1, 0.15) is 75.0 Å². The van der Waals surface area contributed by atoms with Gasteiger partial charge in [-0.3, -0.25) is 9.48 Å². The van der Waals surface area contributed by atoms with E-state index in [1.165, 1.54) is 18.5 Å². The van der Waals surface area contributed by atoms with Gasteiger partial charge in [0.1, 0.15) is 0 Å². The maximum absolute atomic E-state index is 12.9. The van der Waals surface area contributed by atoms with E-state index in [0.717, 1.165) is 25.8 Å². The monoisotopic (exact) mass is 340 g/mol. The first-order valence-corrected chi connectivity index (χ1v) is 8.53. The molecule has 5 nitrogen and oxygen atoms in total. The highest BCUT2D eigenvalue weighted by Crippen LogP contribution is 2.41. The van der Waals surface area contributed by atoms with E-state index in [1.807, 2.05) is 11.0 Å². The lowest BCUT2D eigenvalue weighted by Crippen LogP contribution is -2.47. The third kappa shape index (κ3) is 3.72. The van der Waals surface area contributed by atoms with Crippen LogP contribution in [0.4, 0.5) is 0 Å². The quantitative estimate of drug-likeness (QED) is 0.920. The molecule has 1 aromatic heterocycles. The first-order valence-electron chi connectivity index (χ1n) is 8.53. The minimum Gasteiger partial charge on any atom is -0.333 e. The predicted molar refractivity (Wildman–Crippen MR) is 94.2 cm³/mol. The highest BCUT2D eigenvalue weighted by atomic mass is 35.5. The molecule has 23 heavy (non-hydrogen) atoms. The fraction of sp³-hybridized carbons (Fsp3) is 0.765. The number of hydrogen-bond donors (Lipinski definition) is 1. The maximum Gasteiger partial charge on any atom is 0.274 e. The van der Waals surface area contributed by atoms with Gasteiger partial charge in [0.15, 0.2) is 5.69 Å². The lowest BCUT2D eigenvalue weighted by Gasteiger charge is -2.34. The van der Waals surface area contributed by atoms with E-state index in [-0.39, 0.29) is 29.9 Å². The molecule has 1 aliphatic carbocycles. The van der Waals surface area contributed by atoms with Crippen LogP contribution >= 0.6 is 12.4 Å². The summed E-state index contributed by atoms with van der Waals surface area (Å²) < 4.78 is 2.05. The van der Waals surface area contributed by atoms with E-state index in [9.17, 15) is 4.79 Å². The third-order valence-electron chi connectivity index (χ3n) is 4.75. The fourth-order valence-corrected chi connectivity index (χ4v) is 3.37. The summed E-state index contributed by atoms with van der Waals surface area (Å²) in [5.74, 6) is 0.639. The van der Waals surface area contributed by atoms with Crippen molar-refractivity contribution < 1.29 is 4.79 Å². The first-order chi connectivity index (χ1) is 10.4. The lowest BCUT2D eigenvalue weighted by atomic mass is 10.0. The molecule has 2 fully saturated rings. The molecule has 2 N–H and O–H groups in total. The van der Waals surface area contributed by atoms with E-state index < -0.39 is 0 Å². The molecule has 1 amide bonds. The van der Waals surface area contributed by atoms with Crippen LogP contribution in [-0.2, 0) is 5.54 Å². The number of likely N-dealkylation sites (tertiary alicyclic amines) is 1. The van der Waals surface area contributed by atoms with Gasteiger partial charge in [-0.05, 0) is 58.9 Å². The number of nitrogens with two attached hydrogens (primary N) is 1. The topological polar surface area (TPSA) is 64.2 Å². The second-order valence-corrected chi connectivity index (χ2v) is 7.70. The van der Waals surface area contributed by atoms with Gasteiger partial charge >= 0.3 is 0 Å². The molecule has 1 unspecified atom stereocenters. The zero-order chi connectivity index (χ0) is 15.9. The summed E-state index contributed by atoms with van der Waals surface area (Å²) >= 11 is 0. The van der Waals surface area contributed by atoms with Gasteiger partial charge in [-0.15, -0.1) is 12.4 Å². The van der Waals surface area contributed by atoms with Gasteiger partial charge in [-0.25, -0.2) is 0 Å². The molecule has 2 aliphatic rings. The maximum atomic E-state index is 12.9. The zero-order valence-corrected chi connectivity index (χ0v) is 15.2. The normalized spacial score (nSPS) is 21.9. The number of hydrogen-bond acceptors (Lipinski definition) is 3. The number of rotatable bonds is 3. The van der Waals surface area contributed by atoms with Gasteiger partial charge in [0.25, 0.3) is 5.91 Å². The predicted octanol–water partition coefficient (Wildman–Crippen LogP) is 2.89. The average molecular weight is 341 g/mol. The van der Waals surface area contributed by atoms with Gasteiger partial charge in [0.2, 0.25) is 0 Å². The molecule has 1 saturated heterocycles. The van der Waals surface area contributed by atoms with Gasteiger partial charge < -0.3 is 10.6 Å². The number of halogens is 1. The molecule has 2 heterocycles. The second-order valence-electron chi connectivity index (χ2n) is 7.70. The molecule has 0 bridgehead atoms. The van der Waals surface area contributed by atoms with E-state index in [4.69, 9.17) is 5.73 Å². The Morgan fingerprint density at radius 3 is 2.57 bits per heavy atom. The van der Waals surface area contributed by atoms with Crippen molar-refractivity contribution >= 4 is 18.3 Å². The van der Waals surface area contributed by atoms with Gasteiger partial charge in [0.05, 0.1) is 5.54 Å². The number of carbonyl (C=O) groups excluding carboxylic acids is 1. The van der Waals surface area contributed by atoms with Crippen LogP contribution in [0.5, 0.6) is 0 Å². The molecule has 1 saturated carbocycles. The fourth-order valence-electron chi connectivity index (χ4n) is 3.37. The number of nitrogens with zero attached hydrogens (tertiary/aromatic N) is 3. The van der Waals surface area contributed by atoms with Gasteiger partial charge in [0, 0.05) is 30.7 Å². The van der Waals surface area contributed by atoms with Crippen molar-refractivity contribution in [3.05, 3.63) is 17.5 Å². The van der Waals surface area contributed by atoms with Crippen molar-refractivity contribution in [1.29, 1.82) is 0 Å². The summed E-state index contributed by atoms with van der Waals surface area (Å²) in [7, 11) is 0. The van der Waals surface area contributed by atoms with Gasteiger partial charge in [-0.2, -0.15) is 5.10 Å². The highest BCUT2D eigenvalue weighted by molar-refractivity contribution is 5.92.